The number of carbonyl (C=O) groups is 1. The van der Waals surface area contributed by atoms with Gasteiger partial charge in [0.05, 0.1) is 0 Å². The van der Waals surface area contributed by atoms with E-state index in [4.69, 9.17) is 0 Å². The molecule has 2 rings (SSSR count). The molecular weight excluding hydrogens is 227 g/mol. The molecule has 0 radical (unpaired) electrons. The Morgan fingerprint density at radius 2 is 2.06 bits per heavy atom. The zero-order valence-electron chi connectivity index (χ0n) is 11.2. The van der Waals surface area contributed by atoms with Gasteiger partial charge in [-0.3, -0.25) is 4.79 Å². The molecule has 0 fully saturated rings. The highest BCUT2D eigenvalue weighted by molar-refractivity contribution is 6.09. The quantitative estimate of drug-likeness (QED) is 0.704. The van der Waals surface area contributed by atoms with Gasteiger partial charge >= 0.3 is 0 Å². The van der Waals surface area contributed by atoms with Crippen molar-refractivity contribution in [1.29, 1.82) is 0 Å². The predicted molar refractivity (Wildman–Crippen MR) is 71.2 cm³/mol. The summed E-state index contributed by atoms with van der Waals surface area (Å²) in [4.78, 5) is 12.4. The van der Waals surface area contributed by atoms with Crippen LogP contribution in [0, 0.1) is 18.2 Å². The number of carbonyl (C=O) groups excluding carboxylic acids is 1. The molecule has 1 aromatic carbocycles. The zero-order valence-corrected chi connectivity index (χ0v) is 11.2. The zero-order chi connectivity index (χ0) is 13.3. The van der Waals surface area contributed by atoms with E-state index in [-0.39, 0.29) is 17.0 Å². The lowest BCUT2D eigenvalue weighted by Gasteiger charge is -2.27. The van der Waals surface area contributed by atoms with Gasteiger partial charge in [0.15, 0.2) is 5.78 Å². The second kappa shape index (κ2) is 4.68. The van der Waals surface area contributed by atoms with E-state index in [2.05, 4.69) is 19.9 Å². The molecule has 1 aliphatic rings. The first-order valence-electron chi connectivity index (χ1n) is 6.42. The summed E-state index contributed by atoms with van der Waals surface area (Å²) < 4.78 is 13.1. The Morgan fingerprint density at radius 3 is 2.67 bits per heavy atom. The first kappa shape index (κ1) is 13.0. The third-order valence-electron chi connectivity index (χ3n) is 3.56. The molecule has 0 unspecified atom stereocenters. The van der Waals surface area contributed by atoms with Crippen LogP contribution in [0.1, 0.15) is 49.0 Å². The van der Waals surface area contributed by atoms with Crippen LogP contribution in [0.3, 0.4) is 0 Å². The average Bonchev–Trinajstić information content (AvgIpc) is 2.27. The molecule has 18 heavy (non-hydrogen) atoms. The normalized spacial score (nSPS) is 18.3. The molecule has 96 valence electrons. The van der Waals surface area contributed by atoms with E-state index < -0.39 is 0 Å². The van der Waals surface area contributed by atoms with Gasteiger partial charge < -0.3 is 0 Å². The van der Waals surface area contributed by atoms with Crippen molar-refractivity contribution >= 4 is 5.78 Å². The topological polar surface area (TPSA) is 17.1 Å². The van der Waals surface area contributed by atoms with Crippen molar-refractivity contribution in [2.45, 2.75) is 40.0 Å². The van der Waals surface area contributed by atoms with E-state index in [0.717, 1.165) is 24.8 Å². The lowest BCUT2D eigenvalue weighted by molar-refractivity contribution is 0.102. The summed E-state index contributed by atoms with van der Waals surface area (Å²) >= 11 is 0. The van der Waals surface area contributed by atoms with Gasteiger partial charge in [-0.15, -0.1) is 0 Å². The molecule has 0 amide bonds. The molecule has 0 aromatic heterocycles. The van der Waals surface area contributed by atoms with Crippen LogP contribution < -0.4 is 0 Å². The Kier molecular flexibility index (Phi) is 3.38. The van der Waals surface area contributed by atoms with E-state index in [0.29, 0.717) is 11.1 Å². The Bertz CT molecular complexity index is 512. The summed E-state index contributed by atoms with van der Waals surface area (Å²) in [5, 5.41) is 0. The van der Waals surface area contributed by atoms with Crippen molar-refractivity contribution in [2.75, 3.05) is 0 Å². The van der Waals surface area contributed by atoms with Crippen LogP contribution in [0.25, 0.3) is 0 Å². The fourth-order valence-electron chi connectivity index (χ4n) is 2.58. The highest BCUT2D eigenvalue weighted by Crippen LogP contribution is 2.34. The number of Topliss-reactive ketones (excluding diaryl/α,β-unsaturated/α-hetero) is 1. The van der Waals surface area contributed by atoms with Crippen LogP contribution in [0.4, 0.5) is 4.39 Å². The molecule has 0 saturated heterocycles. The number of benzene rings is 1. The molecule has 0 heterocycles. The second-order valence-electron chi connectivity index (χ2n) is 5.80. The summed E-state index contributed by atoms with van der Waals surface area (Å²) in [6.45, 7) is 6.08. The molecule has 1 aromatic rings. The van der Waals surface area contributed by atoms with Crippen molar-refractivity contribution in [3.63, 3.8) is 0 Å². The minimum absolute atomic E-state index is 0.0558. The highest BCUT2D eigenvalue weighted by Gasteiger charge is 2.24. The van der Waals surface area contributed by atoms with Crippen molar-refractivity contribution in [3.05, 3.63) is 46.8 Å². The average molecular weight is 246 g/mol. The van der Waals surface area contributed by atoms with Gasteiger partial charge in [0.1, 0.15) is 5.82 Å². The van der Waals surface area contributed by atoms with Crippen LogP contribution in [-0.2, 0) is 0 Å². The summed E-state index contributed by atoms with van der Waals surface area (Å²) in [6.07, 6.45) is 5.08. The molecule has 0 spiro atoms. The molecule has 0 N–H and O–H groups in total. The largest absolute Gasteiger partial charge is 0.289 e. The van der Waals surface area contributed by atoms with E-state index in [1.165, 1.54) is 12.1 Å². The number of hydrogen-bond donors (Lipinski definition) is 0. The Balaban J connectivity index is 2.34. The number of hydrogen-bond acceptors (Lipinski definition) is 1. The number of aryl methyl sites for hydroxylation is 1. The Hall–Kier alpha value is -1.44. The molecule has 0 saturated carbocycles. The van der Waals surface area contributed by atoms with Crippen LogP contribution in [0.15, 0.2) is 29.8 Å². The summed E-state index contributed by atoms with van der Waals surface area (Å²) in [5.74, 6) is -0.234. The summed E-state index contributed by atoms with van der Waals surface area (Å²) in [7, 11) is 0. The SMILES string of the molecule is Cc1cc(F)ccc1C(=O)C1=CC(C)(C)CCC1. The minimum Gasteiger partial charge on any atom is -0.289 e. The van der Waals surface area contributed by atoms with Gasteiger partial charge in [-0.25, -0.2) is 4.39 Å². The van der Waals surface area contributed by atoms with Gasteiger partial charge in [0.25, 0.3) is 0 Å². The Labute approximate surface area is 108 Å². The second-order valence-corrected chi connectivity index (χ2v) is 5.80. The van der Waals surface area contributed by atoms with E-state index in [9.17, 15) is 9.18 Å². The van der Waals surface area contributed by atoms with Crippen LogP contribution in [-0.4, -0.2) is 5.78 Å². The van der Waals surface area contributed by atoms with Crippen LogP contribution in [0.5, 0.6) is 0 Å². The van der Waals surface area contributed by atoms with Gasteiger partial charge in [-0.1, -0.05) is 19.9 Å². The standard InChI is InChI=1S/C16H19FO/c1-11-9-13(17)6-7-14(11)15(18)12-5-4-8-16(2,3)10-12/h6-7,9-10H,4-5,8H2,1-3H3. The maximum absolute atomic E-state index is 13.1. The highest BCUT2D eigenvalue weighted by atomic mass is 19.1. The summed E-state index contributed by atoms with van der Waals surface area (Å²) in [6, 6.07) is 4.37. The van der Waals surface area contributed by atoms with Crippen molar-refractivity contribution in [3.8, 4) is 0 Å². The maximum atomic E-state index is 13.1. The van der Waals surface area contributed by atoms with Crippen molar-refractivity contribution in [2.24, 2.45) is 5.41 Å². The van der Waals surface area contributed by atoms with Crippen molar-refractivity contribution < 1.29 is 9.18 Å². The van der Waals surface area contributed by atoms with Gasteiger partial charge in [-0.2, -0.15) is 0 Å². The fourth-order valence-corrected chi connectivity index (χ4v) is 2.58. The minimum atomic E-state index is -0.290. The molecule has 0 aliphatic heterocycles. The number of halogens is 1. The van der Waals surface area contributed by atoms with Crippen molar-refractivity contribution in [1.82, 2.24) is 0 Å². The fraction of sp³-hybridized carbons (Fsp3) is 0.438. The maximum Gasteiger partial charge on any atom is 0.188 e. The third kappa shape index (κ3) is 2.69. The van der Waals surface area contributed by atoms with Gasteiger partial charge in [0.2, 0.25) is 0 Å². The molecule has 2 heteroatoms. The first-order valence-corrected chi connectivity index (χ1v) is 6.42. The molecule has 1 nitrogen and oxygen atoms in total. The summed E-state index contributed by atoms with van der Waals surface area (Å²) in [5.41, 5.74) is 2.31. The lowest BCUT2D eigenvalue weighted by Crippen LogP contribution is -2.17. The Morgan fingerprint density at radius 1 is 1.33 bits per heavy atom. The first-order chi connectivity index (χ1) is 8.39. The van der Waals surface area contributed by atoms with Crippen LogP contribution >= 0.6 is 0 Å². The van der Waals surface area contributed by atoms with Gasteiger partial charge in [-0.05, 0) is 60.9 Å². The number of ketones is 1. The molecule has 0 bridgehead atoms. The van der Waals surface area contributed by atoms with E-state index in [1.807, 2.05) is 0 Å². The smallest absolute Gasteiger partial charge is 0.188 e. The molecular formula is C16H19FO. The van der Waals surface area contributed by atoms with Gasteiger partial charge in [0, 0.05) is 5.56 Å². The monoisotopic (exact) mass is 246 g/mol. The lowest BCUT2D eigenvalue weighted by atomic mass is 9.78. The van der Waals surface area contributed by atoms with Crippen LogP contribution in [0.2, 0.25) is 0 Å². The number of rotatable bonds is 2. The van der Waals surface area contributed by atoms with E-state index >= 15 is 0 Å². The van der Waals surface area contributed by atoms with E-state index in [1.54, 1.807) is 13.0 Å². The molecule has 0 atom stereocenters. The predicted octanol–water partition coefficient (Wildman–Crippen LogP) is 4.45. The third-order valence-corrected chi connectivity index (χ3v) is 3.56. The number of allylic oxidation sites excluding steroid dienone is 2. The molecule has 1 aliphatic carbocycles.